The summed E-state index contributed by atoms with van der Waals surface area (Å²) in [5, 5.41) is 8.65. The van der Waals surface area contributed by atoms with Crippen LogP contribution < -0.4 is 5.73 Å². The molecule has 0 spiro atoms. The van der Waals surface area contributed by atoms with Crippen molar-refractivity contribution in [2.24, 2.45) is 5.73 Å². The Morgan fingerprint density at radius 2 is 1.88 bits per heavy atom. The Morgan fingerprint density at radius 1 is 1.31 bits per heavy atom. The van der Waals surface area contributed by atoms with E-state index in [2.05, 4.69) is 0 Å². The molecule has 7 heteroatoms. The van der Waals surface area contributed by atoms with Crippen LogP contribution in [0, 0.1) is 5.82 Å². The summed E-state index contributed by atoms with van der Waals surface area (Å²) in [4.78, 5) is 0. The fourth-order valence-corrected chi connectivity index (χ4v) is 1.10. The van der Waals surface area contributed by atoms with Crippen LogP contribution in [-0.2, 0) is 6.18 Å². The molecule has 92 valence electrons. The van der Waals surface area contributed by atoms with Crippen molar-refractivity contribution in [3.63, 3.8) is 0 Å². The van der Waals surface area contributed by atoms with Gasteiger partial charge in [0.2, 0.25) is 0 Å². The number of hydrogen-bond acceptors (Lipinski definition) is 2. The predicted octanol–water partition coefficient (Wildman–Crippen LogP) is 2.26. The molecule has 0 heterocycles. The Morgan fingerprint density at radius 3 is 2.31 bits per heavy atom. The second kappa shape index (κ2) is 5.47. The highest BCUT2D eigenvalue weighted by molar-refractivity contribution is 5.85. The molecular formula is C9H10ClF4NO. The molecule has 1 aromatic carbocycles. The smallest absolute Gasteiger partial charge is 0.394 e. The van der Waals surface area contributed by atoms with Gasteiger partial charge >= 0.3 is 6.18 Å². The Labute approximate surface area is 95.5 Å². The van der Waals surface area contributed by atoms with Gasteiger partial charge in [-0.3, -0.25) is 0 Å². The minimum atomic E-state index is -4.75. The monoisotopic (exact) mass is 259 g/mol. The van der Waals surface area contributed by atoms with Gasteiger partial charge in [0, 0.05) is 0 Å². The fraction of sp³-hybridized carbons (Fsp3) is 0.333. The second-order valence-corrected chi connectivity index (χ2v) is 3.03. The normalized spacial score (nSPS) is 13.1. The average Bonchev–Trinajstić information content (AvgIpc) is 2.15. The van der Waals surface area contributed by atoms with Crippen molar-refractivity contribution >= 4 is 12.4 Å². The minimum Gasteiger partial charge on any atom is -0.394 e. The molecule has 0 saturated heterocycles. The van der Waals surface area contributed by atoms with E-state index in [1.807, 2.05) is 0 Å². The molecule has 0 radical (unpaired) electrons. The van der Waals surface area contributed by atoms with E-state index in [9.17, 15) is 17.6 Å². The first kappa shape index (κ1) is 15.2. The molecule has 1 atom stereocenters. The van der Waals surface area contributed by atoms with Crippen molar-refractivity contribution in [2.75, 3.05) is 6.61 Å². The molecule has 0 aromatic heterocycles. The zero-order chi connectivity index (χ0) is 11.6. The second-order valence-electron chi connectivity index (χ2n) is 3.03. The molecule has 1 rings (SSSR count). The lowest BCUT2D eigenvalue weighted by atomic mass is 10.0. The van der Waals surface area contributed by atoms with Crippen LogP contribution in [-0.4, -0.2) is 11.7 Å². The molecule has 0 saturated carbocycles. The van der Waals surface area contributed by atoms with Crippen molar-refractivity contribution < 1.29 is 22.7 Å². The predicted molar refractivity (Wildman–Crippen MR) is 52.7 cm³/mol. The summed E-state index contributed by atoms with van der Waals surface area (Å²) in [6.07, 6.45) is -4.75. The van der Waals surface area contributed by atoms with Gasteiger partial charge in [0.25, 0.3) is 0 Å². The van der Waals surface area contributed by atoms with E-state index in [4.69, 9.17) is 10.8 Å². The topological polar surface area (TPSA) is 46.2 Å². The molecule has 0 bridgehead atoms. The van der Waals surface area contributed by atoms with E-state index in [-0.39, 0.29) is 18.0 Å². The lowest BCUT2D eigenvalue weighted by Crippen LogP contribution is -2.16. The molecule has 0 fully saturated rings. The van der Waals surface area contributed by atoms with Gasteiger partial charge in [0.1, 0.15) is 5.82 Å². The van der Waals surface area contributed by atoms with Gasteiger partial charge in [-0.2, -0.15) is 13.2 Å². The Balaban J connectivity index is 0.00000225. The number of nitrogens with two attached hydrogens (primary N) is 1. The molecule has 1 unspecified atom stereocenters. The molecule has 16 heavy (non-hydrogen) atoms. The SMILES string of the molecule is Cl.NC(CO)c1ccc(F)c(C(F)(F)F)c1. The van der Waals surface area contributed by atoms with Gasteiger partial charge in [0.15, 0.2) is 0 Å². The zero-order valence-electron chi connectivity index (χ0n) is 7.96. The zero-order valence-corrected chi connectivity index (χ0v) is 8.78. The molecule has 0 amide bonds. The van der Waals surface area contributed by atoms with E-state index < -0.39 is 30.2 Å². The van der Waals surface area contributed by atoms with Crippen LogP contribution in [0.3, 0.4) is 0 Å². The highest BCUT2D eigenvalue weighted by atomic mass is 35.5. The van der Waals surface area contributed by atoms with Gasteiger partial charge in [-0.15, -0.1) is 12.4 Å². The third kappa shape index (κ3) is 3.33. The minimum absolute atomic E-state index is 0. The van der Waals surface area contributed by atoms with Crippen molar-refractivity contribution in [3.05, 3.63) is 35.1 Å². The maximum Gasteiger partial charge on any atom is 0.419 e. The molecule has 0 aliphatic rings. The quantitative estimate of drug-likeness (QED) is 0.801. The molecule has 0 aliphatic heterocycles. The van der Waals surface area contributed by atoms with Crippen molar-refractivity contribution in [1.29, 1.82) is 0 Å². The molecule has 1 aromatic rings. The van der Waals surface area contributed by atoms with Crippen molar-refractivity contribution in [2.45, 2.75) is 12.2 Å². The highest BCUT2D eigenvalue weighted by Gasteiger charge is 2.34. The maximum atomic E-state index is 12.8. The van der Waals surface area contributed by atoms with Gasteiger partial charge in [-0.25, -0.2) is 4.39 Å². The molecule has 3 N–H and O–H groups in total. The van der Waals surface area contributed by atoms with Crippen LogP contribution in [0.25, 0.3) is 0 Å². The lowest BCUT2D eigenvalue weighted by Gasteiger charge is -2.13. The van der Waals surface area contributed by atoms with Crippen LogP contribution in [0.5, 0.6) is 0 Å². The summed E-state index contributed by atoms with van der Waals surface area (Å²) < 4.78 is 49.6. The fourth-order valence-electron chi connectivity index (χ4n) is 1.10. The van der Waals surface area contributed by atoms with Gasteiger partial charge in [0.05, 0.1) is 18.2 Å². The number of aliphatic hydroxyl groups is 1. The Bertz CT molecular complexity index is 356. The average molecular weight is 260 g/mol. The van der Waals surface area contributed by atoms with Gasteiger partial charge in [-0.1, -0.05) is 6.07 Å². The van der Waals surface area contributed by atoms with Crippen molar-refractivity contribution in [3.8, 4) is 0 Å². The van der Waals surface area contributed by atoms with Crippen LogP contribution in [0.2, 0.25) is 0 Å². The standard InChI is InChI=1S/C9H9F4NO.ClH/c10-7-2-1-5(8(14)4-15)3-6(7)9(11,12)13;/h1-3,8,15H,4,14H2;1H. The summed E-state index contributed by atoms with van der Waals surface area (Å²) in [5.74, 6) is -1.35. The first-order valence-corrected chi connectivity index (χ1v) is 4.09. The summed E-state index contributed by atoms with van der Waals surface area (Å²) in [6.45, 7) is -0.497. The number of halogens is 5. The first-order chi connectivity index (χ1) is 6.86. The van der Waals surface area contributed by atoms with E-state index >= 15 is 0 Å². The summed E-state index contributed by atoms with van der Waals surface area (Å²) in [6, 6.07) is 1.47. The number of rotatable bonds is 2. The van der Waals surface area contributed by atoms with E-state index in [0.717, 1.165) is 6.07 Å². The van der Waals surface area contributed by atoms with E-state index in [1.54, 1.807) is 0 Å². The van der Waals surface area contributed by atoms with Gasteiger partial charge < -0.3 is 10.8 Å². The van der Waals surface area contributed by atoms with Crippen LogP contribution >= 0.6 is 12.4 Å². The summed E-state index contributed by atoms with van der Waals surface area (Å²) >= 11 is 0. The Kier molecular flexibility index (Phi) is 5.18. The van der Waals surface area contributed by atoms with E-state index in [0.29, 0.717) is 12.1 Å². The van der Waals surface area contributed by atoms with Crippen LogP contribution in [0.4, 0.5) is 17.6 Å². The first-order valence-electron chi connectivity index (χ1n) is 4.09. The van der Waals surface area contributed by atoms with Crippen LogP contribution in [0.1, 0.15) is 17.2 Å². The number of benzene rings is 1. The Hall–Kier alpha value is -0.850. The lowest BCUT2D eigenvalue weighted by molar-refractivity contribution is -0.140. The number of hydrogen-bond donors (Lipinski definition) is 2. The number of aliphatic hydroxyl groups excluding tert-OH is 1. The molecule has 2 nitrogen and oxygen atoms in total. The van der Waals surface area contributed by atoms with Gasteiger partial charge in [-0.05, 0) is 17.7 Å². The highest BCUT2D eigenvalue weighted by Crippen LogP contribution is 2.32. The third-order valence-electron chi connectivity index (χ3n) is 1.92. The maximum absolute atomic E-state index is 12.8. The van der Waals surface area contributed by atoms with Crippen molar-refractivity contribution in [1.82, 2.24) is 0 Å². The van der Waals surface area contributed by atoms with Crippen LogP contribution in [0.15, 0.2) is 18.2 Å². The molecule has 0 aliphatic carbocycles. The summed E-state index contributed by atoms with van der Waals surface area (Å²) in [5.41, 5.74) is 3.99. The number of alkyl halides is 3. The third-order valence-corrected chi connectivity index (χ3v) is 1.92. The molecular weight excluding hydrogens is 250 g/mol. The summed E-state index contributed by atoms with van der Waals surface area (Å²) in [7, 11) is 0. The van der Waals surface area contributed by atoms with E-state index in [1.165, 1.54) is 0 Å². The largest absolute Gasteiger partial charge is 0.419 e.